The number of hydrogen-bond acceptors (Lipinski definition) is 11. The van der Waals surface area contributed by atoms with E-state index >= 15 is 0 Å². The molecule has 2 aliphatic rings. The number of anilines is 1. The van der Waals surface area contributed by atoms with Gasteiger partial charge in [-0.1, -0.05) is 11.8 Å². The average molecular weight is 483 g/mol. The van der Waals surface area contributed by atoms with Crippen molar-refractivity contribution in [2.45, 2.75) is 29.8 Å². The molecule has 6 unspecified atom stereocenters. The molecule has 0 saturated heterocycles. The number of nitrogens with two attached hydrogens (primary N) is 1. The van der Waals surface area contributed by atoms with E-state index < -0.39 is 45.9 Å². The summed E-state index contributed by atoms with van der Waals surface area (Å²) in [7, 11) is -10.3. The molecule has 7 N–H and O–H groups in total. The van der Waals surface area contributed by atoms with Crippen molar-refractivity contribution in [2.24, 2.45) is 11.3 Å². The third-order valence-electron chi connectivity index (χ3n) is 5.49. The van der Waals surface area contributed by atoms with Crippen LogP contribution in [0.2, 0.25) is 0 Å². The van der Waals surface area contributed by atoms with Crippen LogP contribution in [0.5, 0.6) is 0 Å². The number of rotatable bonds is 7. The molecule has 0 bridgehead atoms. The summed E-state index contributed by atoms with van der Waals surface area (Å²) in [6, 6.07) is -0.682. The Bertz CT molecular complexity index is 1090. The molecule has 2 fully saturated rings. The van der Waals surface area contributed by atoms with Crippen molar-refractivity contribution in [1.82, 2.24) is 19.5 Å². The molecule has 0 radical (unpaired) electrons. The minimum absolute atomic E-state index is 0.164. The smallest absolute Gasteiger partial charge is 0.390 e. The molecule has 4 rings (SSSR count). The Labute approximate surface area is 173 Å². The predicted molar refractivity (Wildman–Crippen MR) is 102 cm³/mol. The lowest BCUT2D eigenvalue weighted by Gasteiger charge is -2.24. The normalized spacial score (nSPS) is 32.9. The van der Waals surface area contributed by atoms with Crippen LogP contribution in [0.4, 0.5) is 5.82 Å². The van der Waals surface area contributed by atoms with Crippen LogP contribution in [-0.4, -0.2) is 69.5 Å². The summed E-state index contributed by atoms with van der Waals surface area (Å²) in [6.45, 7) is -0.556. The highest BCUT2D eigenvalue weighted by atomic mass is 32.2. The fourth-order valence-corrected chi connectivity index (χ4v) is 6.15. The third kappa shape index (κ3) is 3.69. The van der Waals surface area contributed by atoms with Gasteiger partial charge in [-0.05, 0) is 18.6 Å². The Kier molecular flexibility index (Phi) is 5.30. The zero-order valence-electron chi connectivity index (χ0n) is 15.3. The summed E-state index contributed by atoms with van der Waals surface area (Å²) in [4.78, 5) is 39.6. The molecule has 0 amide bonds. The number of phosphoric ester groups is 1. The first-order chi connectivity index (χ1) is 13.9. The summed E-state index contributed by atoms with van der Waals surface area (Å²) in [6.07, 6.45) is 0.898. The van der Waals surface area contributed by atoms with E-state index in [4.69, 9.17) is 20.0 Å². The monoisotopic (exact) mass is 483 g/mol. The standard InChI is InChI=1S/C13H19N5O9P2S/c1-30-12-16-10(14)6-11(17-12)18(4-15-6)7-5-2-13(5,9(20)8(7)19)3-26-29(24,25)27-28(21,22)23/h4-5,7-9,19-20H,2-3H2,1H3,(H,24,25)(H2,14,16,17)(H2,21,22,23). The Morgan fingerprint density at radius 3 is 2.67 bits per heavy atom. The maximum absolute atomic E-state index is 11.8. The second-order valence-electron chi connectivity index (χ2n) is 7.20. The first kappa shape index (κ1) is 22.1. The van der Waals surface area contributed by atoms with E-state index in [2.05, 4.69) is 19.3 Å². The first-order valence-corrected chi connectivity index (χ1v) is 12.8. The molecule has 17 heteroatoms. The van der Waals surface area contributed by atoms with Gasteiger partial charge in [0.25, 0.3) is 0 Å². The molecule has 2 saturated carbocycles. The van der Waals surface area contributed by atoms with Crippen LogP contribution in [0.15, 0.2) is 11.5 Å². The molecule has 2 aromatic heterocycles. The zero-order chi connectivity index (χ0) is 22.1. The van der Waals surface area contributed by atoms with E-state index in [1.807, 2.05) is 0 Å². The maximum atomic E-state index is 11.8. The number of imidazole rings is 1. The number of aromatic nitrogens is 4. The summed E-state index contributed by atoms with van der Waals surface area (Å²) in [5, 5.41) is 21.6. The lowest BCUT2D eigenvalue weighted by atomic mass is 10.0. The number of nitrogens with zero attached hydrogens (tertiary/aromatic N) is 4. The van der Waals surface area contributed by atoms with E-state index in [9.17, 15) is 24.2 Å². The van der Waals surface area contributed by atoms with Gasteiger partial charge in [0.1, 0.15) is 11.6 Å². The average Bonchev–Trinajstić information content (AvgIpc) is 3.13. The maximum Gasteiger partial charge on any atom is 0.481 e. The van der Waals surface area contributed by atoms with Crippen molar-refractivity contribution in [1.29, 1.82) is 0 Å². The van der Waals surface area contributed by atoms with Crippen LogP contribution in [0.3, 0.4) is 0 Å². The van der Waals surface area contributed by atoms with Crippen LogP contribution in [0.1, 0.15) is 12.5 Å². The molecule has 30 heavy (non-hydrogen) atoms. The Hall–Kier alpha value is -1.12. The fraction of sp³-hybridized carbons (Fsp3) is 0.615. The highest BCUT2D eigenvalue weighted by Crippen LogP contribution is 2.69. The second-order valence-corrected chi connectivity index (χ2v) is 10.8. The number of aliphatic hydroxyl groups excluding tert-OH is 2. The van der Waals surface area contributed by atoms with Crippen molar-refractivity contribution in [3.63, 3.8) is 0 Å². The molecule has 2 aliphatic carbocycles. The van der Waals surface area contributed by atoms with Crippen molar-refractivity contribution in [3.05, 3.63) is 6.33 Å². The SMILES string of the molecule is CSc1nc(N)c2ncn(C3C(O)C(O)C4(COP(=O)(O)OP(=O)(O)O)CC34)c2n1. The molecular formula is C13H19N5O9P2S. The van der Waals surface area contributed by atoms with Crippen LogP contribution >= 0.6 is 27.4 Å². The minimum Gasteiger partial charge on any atom is -0.390 e. The molecule has 0 spiro atoms. The number of nitrogen functional groups attached to an aromatic ring is 1. The van der Waals surface area contributed by atoms with Gasteiger partial charge in [-0.2, -0.15) is 4.31 Å². The fourth-order valence-electron chi connectivity index (χ4n) is 4.11. The van der Waals surface area contributed by atoms with Crippen LogP contribution in [0.25, 0.3) is 11.2 Å². The lowest BCUT2D eigenvalue weighted by Crippen LogP contribution is -2.35. The Balaban J connectivity index is 1.60. The highest BCUT2D eigenvalue weighted by Gasteiger charge is 2.72. The number of fused-ring (bicyclic) bond motifs is 2. The topological polar surface area (TPSA) is 223 Å². The molecule has 14 nitrogen and oxygen atoms in total. The van der Waals surface area contributed by atoms with Crippen molar-refractivity contribution < 1.29 is 42.9 Å². The Morgan fingerprint density at radius 2 is 2.03 bits per heavy atom. The van der Waals surface area contributed by atoms with E-state index in [1.165, 1.54) is 18.1 Å². The number of thioether (sulfide) groups is 1. The van der Waals surface area contributed by atoms with E-state index in [0.29, 0.717) is 22.7 Å². The first-order valence-electron chi connectivity index (χ1n) is 8.53. The second kappa shape index (κ2) is 7.20. The van der Waals surface area contributed by atoms with Gasteiger partial charge in [0.05, 0.1) is 25.1 Å². The predicted octanol–water partition coefficient (Wildman–Crippen LogP) is -0.360. The van der Waals surface area contributed by atoms with Gasteiger partial charge in [0.2, 0.25) is 0 Å². The molecule has 0 aliphatic heterocycles. The van der Waals surface area contributed by atoms with Crippen molar-refractivity contribution >= 4 is 44.4 Å². The third-order valence-corrected chi connectivity index (χ3v) is 8.17. The van der Waals surface area contributed by atoms with Gasteiger partial charge in [-0.15, -0.1) is 0 Å². The number of phosphoric acid groups is 2. The summed E-state index contributed by atoms with van der Waals surface area (Å²) in [5.41, 5.74) is 5.51. The largest absolute Gasteiger partial charge is 0.481 e. The van der Waals surface area contributed by atoms with Gasteiger partial charge in [-0.25, -0.2) is 24.1 Å². The lowest BCUT2D eigenvalue weighted by molar-refractivity contribution is -0.0297. The van der Waals surface area contributed by atoms with E-state index in [1.54, 1.807) is 10.8 Å². The molecule has 166 valence electrons. The van der Waals surface area contributed by atoms with Gasteiger partial charge in [0, 0.05) is 5.41 Å². The zero-order valence-corrected chi connectivity index (χ0v) is 17.9. The summed E-state index contributed by atoms with van der Waals surface area (Å²) >= 11 is 1.27. The summed E-state index contributed by atoms with van der Waals surface area (Å²) < 4.78 is 32.6. The molecule has 0 aromatic carbocycles. The van der Waals surface area contributed by atoms with E-state index in [0.717, 1.165) is 0 Å². The molecular weight excluding hydrogens is 464 g/mol. The number of aliphatic hydroxyl groups is 2. The minimum atomic E-state index is -5.27. The van der Waals surface area contributed by atoms with Crippen LogP contribution in [0, 0.1) is 11.3 Å². The number of hydrogen-bond donors (Lipinski definition) is 6. The quantitative estimate of drug-likeness (QED) is 0.168. The van der Waals surface area contributed by atoms with Crippen LogP contribution in [-0.2, 0) is 18.0 Å². The van der Waals surface area contributed by atoms with Gasteiger partial charge < -0.3 is 35.2 Å². The molecule has 6 atom stereocenters. The van der Waals surface area contributed by atoms with Crippen molar-refractivity contribution in [2.75, 3.05) is 18.6 Å². The van der Waals surface area contributed by atoms with Gasteiger partial charge in [-0.3, -0.25) is 4.52 Å². The van der Waals surface area contributed by atoms with Gasteiger partial charge >= 0.3 is 15.6 Å². The molecule has 2 heterocycles. The molecule has 2 aromatic rings. The Morgan fingerprint density at radius 1 is 1.33 bits per heavy atom. The van der Waals surface area contributed by atoms with Gasteiger partial charge in [0.15, 0.2) is 16.6 Å². The highest BCUT2D eigenvalue weighted by molar-refractivity contribution is 7.98. The van der Waals surface area contributed by atoms with Crippen LogP contribution < -0.4 is 5.73 Å². The van der Waals surface area contributed by atoms with Crippen molar-refractivity contribution in [3.8, 4) is 0 Å². The summed E-state index contributed by atoms with van der Waals surface area (Å²) in [5.74, 6) is -0.221. The van der Waals surface area contributed by atoms with E-state index in [-0.39, 0.29) is 11.7 Å².